The zero-order valence-corrected chi connectivity index (χ0v) is 62.4. The van der Waals surface area contributed by atoms with Gasteiger partial charge in [-0.25, -0.2) is 4.57 Å². The summed E-state index contributed by atoms with van der Waals surface area (Å²) in [6.45, 7) is 3.47. The summed E-state index contributed by atoms with van der Waals surface area (Å²) in [4.78, 5) is 51.1. The molecule has 25 heteroatoms. The van der Waals surface area contributed by atoms with Crippen LogP contribution in [0.3, 0.4) is 0 Å². The maximum Gasteiger partial charge on any atom is 0.472 e. The Kier molecular flexibility index (Phi) is 52.3. The normalized spacial score (nSPS) is 27.3. The summed E-state index contributed by atoms with van der Waals surface area (Å²) in [5.41, 5.74) is 0. The quantitative estimate of drug-likeness (QED) is 0.00886. The molecule has 3 rings (SSSR count). The lowest BCUT2D eigenvalue weighted by Gasteiger charge is -2.49. The summed E-state index contributed by atoms with van der Waals surface area (Å²) in [6.07, 6.45) is 16.8. The number of hydrogen-bond donors (Lipinski definition) is 11. The van der Waals surface area contributed by atoms with Gasteiger partial charge in [-0.1, -0.05) is 264 Å². The van der Waals surface area contributed by atoms with Crippen LogP contribution in [0.2, 0.25) is 0 Å². The zero-order chi connectivity index (χ0) is 73.2. The van der Waals surface area contributed by atoms with E-state index in [1.165, 1.54) is 148 Å². The van der Waals surface area contributed by atoms with Crippen LogP contribution in [-0.4, -0.2) is 204 Å². The molecule has 0 radical (unpaired) electrons. The number of unbranched alkanes of at least 4 members (excludes halogenated alkanes) is 39. The lowest BCUT2D eigenvalue weighted by atomic mass is 9.84. The Hall–Kier alpha value is -2.30. The summed E-state index contributed by atoms with van der Waals surface area (Å²) in [5.74, 6) is -1.98. The molecule has 24 nitrogen and oxygen atoms in total. The largest absolute Gasteiger partial charge is 0.472 e. The molecule has 0 aromatic carbocycles. The smallest absolute Gasteiger partial charge is 0.463 e. The molecule has 0 amide bonds. The predicted octanol–water partition coefficient (Wildman–Crippen LogP) is 11.5. The molecule has 2 saturated heterocycles. The van der Waals surface area contributed by atoms with Crippen molar-refractivity contribution in [2.24, 2.45) is 0 Å². The zero-order valence-electron chi connectivity index (χ0n) is 61.5. The van der Waals surface area contributed by atoms with E-state index in [2.05, 4.69) is 32.9 Å². The Balaban J connectivity index is 1.71. The van der Waals surface area contributed by atoms with E-state index in [9.17, 15) is 74.9 Å². The number of allylic oxidation sites excluding steroid dienone is 2. The highest BCUT2D eigenvalue weighted by molar-refractivity contribution is 7.47. The second-order valence-corrected chi connectivity index (χ2v) is 29.8. The van der Waals surface area contributed by atoms with Crippen LogP contribution in [0.1, 0.15) is 316 Å². The number of carbonyl (C=O) groups excluding carboxylic acids is 3. The van der Waals surface area contributed by atoms with Gasteiger partial charge in [-0.2, -0.15) is 0 Å². The molecule has 0 spiro atoms. The highest BCUT2D eigenvalue weighted by atomic mass is 31.2. The maximum atomic E-state index is 14.4. The van der Waals surface area contributed by atoms with Crippen molar-refractivity contribution in [2.75, 3.05) is 26.4 Å². The fourth-order valence-corrected chi connectivity index (χ4v) is 14.1. The van der Waals surface area contributed by atoms with Crippen LogP contribution >= 0.6 is 7.82 Å². The standard InChI is InChI=1S/C75H139O24P/c1-4-7-10-13-16-19-22-25-27-28-30-33-36-39-42-45-48-51-61(79)94-56(53-91-59(77)49-46-43-40-37-34-31-24-21-18-15-12-9-6-3)54-93-100(89,90)99-73-71(97-74-69(87)64(82)62(80)57(52-76)95-74)67(85)66(84)68(86)72(73)98-75-70(88)65(83)63(81)58(96-75)55-92-60(78)50-47-44-41-38-35-32-29-26-23-20-17-14-11-8-5-2/h20,23,56-58,62-76,80-88H,4-19,21-22,24-55H2,1-3H3,(H,89,90)/b23-20-. The van der Waals surface area contributed by atoms with Crippen molar-refractivity contribution in [2.45, 2.75) is 420 Å². The summed E-state index contributed by atoms with van der Waals surface area (Å²) in [7, 11) is -5.69. The first-order valence-electron chi connectivity index (χ1n) is 39.5. The number of esters is 3. The number of aliphatic hydroxyl groups is 10. The van der Waals surface area contributed by atoms with E-state index in [0.29, 0.717) is 19.3 Å². The molecule has 0 bridgehead atoms. The van der Waals surface area contributed by atoms with Gasteiger partial charge >= 0.3 is 25.7 Å². The van der Waals surface area contributed by atoms with E-state index in [1.54, 1.807) is 0 Å². The Morgan fingerprint density at radius 1 is 0.380 bits per heavy atom. The average molecular weight is 1460 g/mol. The highest BCUT2D eigenvalue weighted by Crippen LogP contribution is 2.49. The lowest BCUT2D eigenvalue weighted by molar-refractivity contribution is -0.360. The first kappa shape index (κ1) is 91.9. The van der Waals surface area contributed by atoms with E-state index in [4.69, 9.17) is 42.2 Å². The van der Waals surface area contributed by atoms with Gasteiger partial charge in [0.1, 0.15) is 98.7 Å². The van der Waals surface area contributed by atoms with Gasteiger partial charge < -0.3 is 89.1 Å². The van der Waals surface area contributed by atoms with Crippen molar-refractivity contribution in [3.8, 4) is 0 Å². The van der Waals surface area contributed by atoms with Gasteiger partial charge in [-0.15, -0.1) is 0 Å². The summed E-state index contributed by atoms with van der Waals surface area (Å²) in [6, 6.07) is 0. The Morgan fingerprint density at radius 2 is 0.700 bits per heavy atom. The van der Waals surface area contributed by atoms with E-state index in [0.717, 1.165) is 109 Å². The molecule has 18 atom stereocenters. The number of hydrogen-bond acceptors (Lipinski definition) is 23. The van der Waals surface area contributed by atoms with Gasteiger partial charge in [0.15, 0.2) is 18.7 Å². The Labute approximate surface area is 599 Å². The minimum Gasteiger partial charge on any atom is -0.463 e. The van der Waals surface area contributed by atoms with Crippen LogP contribution in [0.4, 0.5) is 0 Å². The number of rotatable bonds is 62. The first-order valence-corrected chi connectivity index (χ1v) is 41.0. The summed E-state index contributed by atoms with van der Waals surface area (Å²) >= 11 is 0. The van der Waals surface area contributed by atoms with Gasteiger partial charge in [0.05, 0.1) is 13.2 Å². The molecule has 0 aromatic rings. The molecule has 2 aliphatic heterocycles. The van der Waals surface area contributed by atoms with Crippen LogP contribution in [0, 0.1) is 0 Å². The van der Waals surface area contributed by atoms with E-state index < -0.39 is 156 Å². The molecular formula is C75H139O24P. The fourth-order valence-electron chi connectivity index (χ4n) is 13.1. The maximum absolute atomic E-state index is 14.4. The molecule has 588 valence electrons. The van der Waals surface area contributed by atoms with Gasteiger partial charge in [0, 0.05) is 19.3 Å². The third-order valence-corrected chi connectivity index (χ3v) is 20.5. The third kappa shape index (κ3) is 39.3. The van der Waals surface area contributed by atoms with Gasteiger partial charge in [0.2, 0.25) is 0 Å². The topological polar surface area (TPSA) is 374 Å². The molecule has 18 unspecified atom stereocenters. The summed E-state index contributed by atoms with van der Waals surface area (Å²) < 4.78 is 65.1. The van der Waals surface area contributed by atoms with Gasteiger partial charge in [0.25, 0.3) is 0 Å². The molecule has 100 heavy (non-hydrogen) atoms. The highest BCUT2D eigenvalue weighted by Gasteiger charge is 2.58. The molecule has 3 aliphatic rings. The van der Waals surface area contributed by atoms with Crippen LogP contribution in [-0.2, 0) is 61.2 Å². The number of aliphatic hydroxyl groups excluding tert-OH is 10. The SMILES string of the molecule is CCCCCC/C=C\CCCCCCCCCC(=O)OCC1OC(OC2C(O)C(O)C(O)C(OC3OC(CO)C(O)C(O)C3O)C2OP(=O)(O)OCC(COC(=O)CCCCCCCCCCCCCCC)OC(=O)CCCCCCCCCCCCCCCCCCC)C(O)C(O)C1O. The van der Waals surface area contributed by atoms with Crippen molar-refractivity contribution in [3.05, 3.63) is 12.2 Å². The Morgan fingerprint density at radius 3 is 1.09 bits per heavy atom. The second-order valence-electron chi connectivity index (χ2n) is 28.4. The number of phosphoric acid groups is 1. The minimum absolute atomic E-state index is 0.0249. The van der Waals surface area contributed by atoms with E-state index in [-0.39, 0.29) is 19.3 Å². The summed E-state index contributed by atoms with van der Waals surface area (Å²) in [5, 5.41) is 110. The van der Waals surface area contributed by atoms with E-state index >= 15 is 0 Å². The van der Waals surface area contributed by atoms with E-state index in [1.807, 2.05) is 0 Å². The fraction of sp³-hybridized carbons (Fsp3) is 0.933. The third-order valence-electron chi connectivity index (χ3n) is 19.5. The number of ether oxygens (including phenoxy) is 7. The van der Waals surface area contributed by atoms with Crippen molar-refractivity contribution in [1.82, 2.24) is 0 Å². The average Bonchev–Trinajstić information content (AvgIpc) is 0.762. The van der Waals surface area contributed by atoms with Crippen molar-refractivity contribution < 1.29 is 117 Å². The van der Waals surface area contributed by atoms with Crippen molar-refractivity contribution in [3.63, 3.8) is 0 Å². The monoisotopic (exact) mass is 1450 g/mol. The van der Waals surface area contributed by atoms with Gasteiger partial charge in [-0.05, 0) is 44.9 Å². The molecule has 2 heterocycles. The van der Waals surface area contributed by atoms with Crippen LogP contribution in [0.15, 0.2) is 12.2 Å². The molecular weight excluding hydrogens is 1320 g/mol. The minimum atomic E-state index is -5.69. The van der Waals surface area contributed by atoms with Gasteiger partial charge in [-0.3, -0.25) is 23.4 Å². The van der Waals surface area contributed by atoms with Crippen LogP contribution < -0.4 is 0 Å². The first-order chi connectivity index (χ1) is 48.3. The number of phosphoric ester groups is 1. The van der Waals surface area contributed by atoms with Crippen LogP contribution in [0.5, 0.6) is 0 Å². The second kappa shape index (κ2) is 57.0. The molecule has 0 aromatic heterocycles. The lowest BCUT2D eigenvalue weighted by Crippen LogP contribution is -2.69. The molecule has 1 aliphatic carbocycles. The molecule has 3 fully saturated rings. The Bertz CT molecular complexity index is 2110. The van der Waals surface area contributed by atoms with Crippen molar-refractivity contribution in [1.29, 1.82) is 0 Å². The van der Waals surface area contributed by atoms with Crippen LogP contribution in [0.25, 0.3) is 0 Å². The predicted molar refractivity (Wildman–Crippen MR) is 379 cm³/mol. The van der Waals surface area contributed by atoms with Crippen molar-refractivity contribution >= 4 is 25.7 Å². The molecule has 1 saturated carbocycles. The molecule has 11 N–H and O–H groups in total. The number of carbonyl (C=O) groups is 3.